The van der Waals surface area contributed by atoms with Crippen LogP contribution >= 0.6 is 23.5 Å². The molecule has 122 valence electrons. The first kappa shape index (κ1) is 16.5. The molecule has 3 rings (SSSR count). The third-order valence-corrected chi connectivity index (χ3v) is 5.11. The molecule has 1 N–H and O–H groups in total. The Morgan fingerprint density at radius 1 is 1.12 bits per heavy atom. The Hall–Kier alpha value is -2.32. The average molecular weight is 357 g/mol. The van der Waals surface area contributed by atoms with E-state index in [9.17, 15) is 4.79 Å². The van der Waals surface area contributed by atoms with E-state index in [-0.39, 0.29) is 5.91 Å². The summed E-state index contributed by atoms with van der Waals surface area (Å²) in [5.41, 5.74) is 0.776. The summed E-state index contributed by atoms with van der Waals surface area (Å²) in [5.74, 6) is 0.324. The van der Waals surface area contributed by atoms with Crippen molar-refractivity contribution in [1.29, 1.82) is 0 Å². The third kappa shape index (κ3) is 4.59. The van der Waals surface area contributed by atoms with Gasteiger partial charge in [0.1, 0.15) is 6.33 Å². The molecule has 0 aliphatic carbocycles. The molecule has 3 aromatic rings. The zero-order chi connectivity index (χ0) is 16.8. The van der Waals surface area contributed by atoms with Gasteiger partial charge in [-0.3, -0.25) is 9.78 Å². The highest BCUT2D eigenvalue weighted by Gasteiger charge is 2.06. The zero-order valence-corrected chi connectivity index (χ0v) is 14.5. The number of nitrogens with zero attached hydrogens (tertiary/aromatic N) is 4. The SMILES string of the molecule is Cn1cnnc1Sc1ccc(NC(=O)CSc2ccncc2)cc1. The second-order valence-electron chi connectivity index (χ2n) is 4.87. The fraction of sp³-hybridized carbons (Fsp3) is 0.125. The van der Waals surface area contributed by atoms with Crippen molar-refractivity contribution in [2.45, 2.75) is 14.9 Å². The predicted molar refractivity (Wildman–Crippen MR) is 95.2 cm³/mol. The number of carbonyl (C=O) groups is 1. The highest BCUT2D eigenvalue weighted by atomic mass is 32.2. The van der Waals surface area contributed by atoms with Crippen molar-refractivity contribution in [2.24, 2.45) is 7.05 Å². The van der Waals surface area contributed by atoms with Crippen LogP contribution in [0.1, 0.15) is 0 Å². The minimum Gasteiger partial charge on any atom is -0.325 e. The lowest BCUT2D eigenvalue weighted by atomic mass is 10.3. The molecular weight excluding hydrogens is 342 g/mol. The highest BCUT2D eigenvalue weighted by Crippen LogP contribution is 2.26. The van der Waals surface area contributed by atoms with E-state index in [1.54, 1.807) is 18.7 Å². The van der Waals surface area contributed by atoms with Gasteiger partial charge in [0.25, 0.3) is 0 Å². The largest absolute Gasteiger partial charge is 0.325 e. The van der Waals surface area contributed by atoms with Crippen molar-refractivity contribution >= 4 is 35.1 Å². The molecule has 0 aliphatic rings. The van der Waals surface area contributed by atoms with Crippen molar-refractivity contribution in [1.82, 2.24) is 19.7 Å². The topological polar surface area (TPSA) is 72.7 Å². The van der Waals surface area contributed by atoms with Gasteiger partial charge in [-0.25, -0.2) is 0 Å². The quantitative estimate of drug-likeness (QED) is 0.684. The van der Waals surface area contributed by atoms with Crippen LogP contribution in [-0.4, -0.2) is 31.4 Å². The number of thioether (sulfide) groups is 1. The first-order valence-electron chi connectivity index (χ1n) is 7.15. The molecule has 1 amide bonds. The Balaban J connectivity index is 1.52. The second kappa shape index (κ2) is 7.98. The van der Waals surface area contributed by atoms with Gasteiger partial charge in [0.2, 0.25) is 5.91 Å². The fourth-order valence-electron chi connectivity index (χ4n) is 1.86. The Kier molecular flexibility index (Phi) is 5.50. The number of amides is 1. The van der Waals surface area contributed by atoms with Gasteiger partial charge in [-0.15, -0.1) is 22.0 Å². The summed E-state index contributed by atoms with van der Waals surface area (Å²) < 4.78 is 1.86. The maximum absolute atomic E-state index is 12.0. The van der Waals surface area contributed by atoms with Crippen LogP contribution in [0.5, 0.6) is 0 Å². The summed E-state index contributed by atoms with van der Waals surface area (Å²) in [5, 5.41) is 11.6. The van der Waals surface area contributed by atoms with Gasteiger partial charge >= 0.3 is 0 Å². The summed E-state index contributed by atoms with van der Waals surface area (Å²) in [6, 6.07) is 11.4. The lowest BCUT2D eigenvalue weighted by Gasteiger charge is -2.06. The van der Waals surface area contributed by atoms with Crippen molar-refractivity contribution in [3.63, 3.8) is 0 Å². The first-order valence-corrected chi connectivity index (χ1v) is 8.95. The molecule has 2 heterocycles. The minimum absolute atomic E-state index is 0.0366. The number of pyridine rings is 1. The molecule has 0 atom stereocenters. The summed E-state index contributed by atoms with van der Waals surface area (Å²) in [6.07, 6.45) is 5.10. The molecule has 0 radical (unpaired) electrons. The highest BCUT2D eigenvalue weighted by molar-refractivity contribution is 8.00. The Morgan fingerprint density at radius 3 is 2.54 bits per heavy atom. The standard InChI is InChI=1S/C16H15N5OS2/c1-21-11-18-20-16(21)24-14-4-2-12(3-5-14)19-15(22)10-23-13-6-8-17-9-7-13/h2-9,11H,10H2,1H3,(H,19,22). The Morgan fingerprint density at radius 2 is 1.88 bits per heavy atom. The second-order valence-corrected chi connectivity index (χ2v) is 6.96. The lowest BCUT2D eigenvalue weighted by Crippen LogP contribution is -2.13. The summed E-state index contributed by atoms with van der Waals surface area (Å²) in [7, 11) is 1.90. The number of hydrogen-bond acceptors (Lipinski definition) is 6. The van der Waals surface area contributed by atoms with Crippen LogP contribution in [0.25, 0.3) is 0 Å². The number of benzene rings is 1. The number of aromatic nitrogens is 4. The summed E-state index contributed by atoms with van der Waals surface area (Å²) in [6.45, 7) is 0. The van der Waals surface area contributed by atoms with E-state index in [0.29, 0.717) is 5.75 Å². The minimum atomic E-state index is -0.0366. The number of anilines is 1. The molecule has 0 aliphatic heterocycles. The molecule has 6 nitrogen and oxygen atoms in total. The van der Waals surface area contributed by atoms with Crippen LogP contribution < -0.4 is 5.32 Å². The molecule has 0 unspecified atom stereocenters. The van der Waals surface area contributed by atoms with E-state index in [2.05, 4.69) is 20.5 Å². The first-order chi connectivity index (χ1) is 11.7. The van der Waals surface area contributed by atoms with Gasteiger partial charge in [0.05, 0.1) is 5.75 Å². The van der Waals surface area contributed by atoms with Crippen LogP contribution in [0, 0.1) is 0 Å². The molecular formula is C16H15N5OS2. The number of hydrogen-bond donors (Lipinski definition) is 1. The number of rotatable bonds is 6. The Bertz CT molecular complexity index is 805. The van der Waals surface area contributed by atoms with Gasteiger partial charge < -0.3 is 9.88 Å². The van der Waals surface area contributed by atoms with Gasteiger partial charge in [-0.1, -0.05) is 0 Å². The Labute approximate surface area is 148 Å². The van der Waals surface area contributed by atoms with Gasteiger partial charge in [0, 0.05) is 34.9 Å². The molecule has 0 saturated heterocycles. The smallest absolute Gasteiger partial charge is 0.234 e. The van der Waals surface area contributed by atoms with Gasteiger partial charge in [-0.05, 0) is 48.2 Å². The van der Waals surface area contributed by atoms with Crippen LogP contribution in [0.15, 0.2) is 70.1 Å². The molecule has 1 aromatic carbocycles. The maximum atomic E-state index is 12.0. The summed E-state index contributed by atoms with van der Waals surface area (Å²) in [4.78, 5) is 18.0. The number of carbonyl (C=O) groups excluding carboxylic acids is 1. The predicted octanol–water partition coefficient (Wildman–Crippen LogP) is 3.09. The summed E-state index contributed by atoms with van der Waals surface area (Å²) >= 11 is 3.00. The zero-order valence-electron chi connectivity index (χ0n) is 12.9. The normalized spacial score (nSPS) is 10.5. The monoisotopic (exact) mass is 357 g/mol. The van der Waals surface area contributed by atoms with Crippen LogP contribution in [0.4, 0.5) is 5.69 Å². The fourth-order valence-corrected chi connectivity index (χ4v) is 3.30. The van der Waals surface area contributed by atoms with Gasteiger partial charge in [0.15, 0.2) is 5.16 Å². The average Bonchev–Trinajstić information content (AvgIpc) is 3.01. The van der Waals surface area contributed by atoms with E-state index in [1.165, 1.54) is 23.5 Å². The van der Waals surface area contributed by atoms with Crippen molar-refractivity contribution in [3.05, 3.63) is 55.1 Å². The van der Waals surface area contributed by atoms with Crippen LogP contribution in [-0.2, 0) is 11.8 Å². The maximum Gasteiger partial charge on any atom is 0.234 e. The molecule has 0 saturated carbocycles. The molecule has 0 bridgehead atoms. The van der Waals surface area contributed by atoms with Crippen LogP contribution in [0.2, 0.25) is 0 Å². The molecule has 24 heavy (non-hydrogen) atoms. The van der Waals surface area contributed by atoms with E-state index >= 15 is 0 Å². The van der Waals surface area contributed by atoms with E-state index in [1.807, 2.05) is 48.0 Å². The molecule has 8 heteroatoms. The molecule has 0 spiro atoms. The number of nitrogens with one attached hydrogen (secondary N) is 1. The molecule has 0 fully saturated rings. The van der Waals surface area contributed by atoms with E-state index < -0.39 is 0 Å². The van der Waals surface area contributed by atoms with Gasteiger partial charge in [-0.2, -0.15) is 0 Å². The molecule has 2 aromatic heterocycles. The lowest BCUT2D eigenvalue weighted by molar-refractivity contribution is -0.113. The van der Waals surface area contributed by atoms with E-state index in [4.69, 9.17) is 0 Å². The van der Waals surface area contributed by atoms with Crippen LogP contribution in [0.3, 0.4) is 0 Å². The van der Waals surface area contributed by atoms with E-state index in [0.717, 1.165) is 20.6 Å². The van der Waals surface area contributed by atoms with Crippen molar-refractivity contribution in [2.75, 3.05) is 11.1 Å². The van der Waals surface area contributed by atoms with Crippen molar-refractivity contribution < 1.29 is 4.79 Å². The third-order valence-electron chi connectivity index (χ3n) is 3.04. The number of aryl methyl sites for hydroxylation is 1. The van der Waals surface area contributed by atoms with Crippen molar-refractivity contribution in [3.8, 4) is 0 Å².